The monoisotopic (exact) mass is 684 g/mol. The molecule has 0 amide bonds. The number of nitrogens with zero attached hydrogens (tertiary/aromatic N) is 2. The van der Waals surface area contributed by atoms with Crippen LogP contribution in [0, 0.1) is 0 Å². The molecule has 1 heterocycles. The first-order valence-corrected chi connectivity index (χ1v) is 19.0. The molecule has 258 valence electrons. The third kappa shape index (κ3) is 4.45. The van der Waals surface area contributed by atoms with E-state index in [1.165, 1.54) is 67.1 Å². The van der Waals surface area contributed by atoms with Gasteiger partial charge in [-0.05, 0) is 123 Å². The van der Waals surface area contributed by atoms with E-state index in [0.29, 0.717) is 5.92 Å². The first kappa shape index (κ1) is 31.8. The van der Waals surface area contributed by atoms with Crippen molar-refractivity contribution in [3.8, 4) is 22.3 Å². The van der Waals surface area contributed by atoms with Crippen molar-refractivity contribution in [2.45, 2.75) is 56.9 Å². The molecule has 0 radical (unpaired) electrons. The summed E-state index contributed by atoms with van der Waals surface area (Å²) < 4.78 is 0. The molecule has 3 aliphatic rings. The highest BCUT2D eigenvalue weighted by molar-refractivity contribution is 5.87. The molecule has 10 rings (SSSR count). The third-order valence-corrected chi connectivity index (χ3v) is 12.8. The number of rotatable bonds is 5. The second kappa shape index (κ2) is 11.3. The fourth-order valence-corrected chi connectivity index (χ4v) is 10.5. The highest BCUT2D eigenvalue weighted by Crippen LogP contribution is 2.68. The lowest BCUT2D eigenvalue weighted by molar-refractivity contribution is 0.336. The lowest BCUT2D eigenvalue weighted by atomic mass is 9.71. The molecule has 2 atom stereocenters. The van der Waals surface area contributed by atoms with E-state index in [2.05, 4.69) is 214 Å². The van der Waals surface area contributed by atoms with Gasteiger partial charge in [-0.3, -0.25) is 0 Å². The molecule has 0 N–H and O–H groups in total. The molecular formula is C51H44N2. The van der Waals surface area contributed by atoms with Crippen molar-refractivity contribution in [3.63, 3.8) is 0 Å². The summed E-state index contributed by atoms with van der Waals surface area (Å²) in [5.41, 5.74) is 18.0. The van der Waals surface area contributed by atoms with Gasteiger partial charge in [-0.25, -0.2) is 0 Å². The van der Waals surface area contributed by atoms with Gasteiger partial charge in [0.2, 0.25) is 0 Å². The third-order valence-electron chi connectivity index (χ3n) is 12.8. The van der Waals surface area contributed by atoms with Crippen molar-refractivity contribution in [3.05, 3.63) is 198 Å². The number of fused-ring (bicyclic) bond motifs is 8. The van der Waals surface area contributed by atoms with Gasteiger partial charge in [-0.15, -0.1) is 0 Å². The van der Waals surface area contributed by atoms with Crippen molar-refractivity contribution in [2.24, 2.45) is 0 Å². The van der Waals surface area contributed by atoms with E-state index in [1.807, 2.05) is 0 Å². The lowest BCUT2D eigenvalue weighted by Crippen LogP contribution is -2.40. The molecular weight excluding hydrogens is 641 g/mol. The van der Waals surface area contributed by atoms with Crippen molar-refractivity contribution in [2.75, 3.05) is 9.80 Å². The molecule has 0 aromatic heterocycles. The van der Waals surface area contributed by atoms with Crippen LogP contribution in [-0.2, 0) is 16.4 Å². The van der Waals surface area contributed by atoms with Gasteiger partial charge in [0.05, 0.1) is 5.54 Å². The van der Waals surface area contributed by atoms with Gasteiger partial charge in [-0.1, -0.05) is 137 Å². The van der Waals surface area contributed by atoms with Crippen LogP contribution >= 0.6 is 0 Å². The summed E-state index contributed by atoms with van der Waals surface area (Å²) in [4.78, 5) is 5.01. The molecule has 2 unspecified atom stereocenters. The Balaban J connectivity index is 1.06. The second-order valence-electron chi connectivity index (χ2n) is 16.4. The molecule has 0 saturated heterocycles. The van der Waals surface area contributed by atoms with Crippen molar-refractivity contribution < 1.29 is 0 Å². The summed E-state index contributed by atoms with van der Waals surface area (Å²) in [6.45, 7) is 12.1. The first-order chi connectivity index (χ1) is 25.7. The molecule has 0 bridgehead atoms. The Morgan fingerprint density at radius 1 is 0.453 bits per heavy atom. The van der Waals surface area contributed by atoms with Crippen LogP contribution in [0.25, 0.3) is 22.3 Å². The van der Waals surface area contributed by atoms with Crippen LogP contribution in [0.1, 0.15) is 68.4 Å². The molecule has 1 aliphatic heterocycles. The highest BCUT2D eigenvalue weighted by atomic mass is 15.2. The van der Waals surface area contributed by atoms with E-state index in [0.717, 1.165) is 11.4 Å². The molecule has 2 aliphatic carbocycles. The normalized spacial score (nSPS) is 19.6. The Labute approximate surface area is 314 Å². The smallest absolute Gasteiger partial charge is 0.0754 e. The van der Waals surface area contributed by atoms with Gasteiger partial charge in [0.1, 0.15) is 0 Å². The maximum Gasteiger partial charge on any atom is 0.0754 e. The Morgan fingerprint density at radius 3 is 1.75 bits per heavy atom. The van der Waals surface area contributed by atoms with Gasteiger partial charge in [-0.2, -0.15) is 0 Å². The fraction of sp³-hybridized carbons (Fsp3) is 0.176. The summed E-state index contributed by atoms with van der Waals surface area (Å²) in [7, 11) is 0. The lowest BCUT2D eigenvalue weighted by Gasteiger charge is -2.40. The minimum Gasteiger partial charge on any atom is -0.331 e. The molecule has 7 aromatic carbocycles. The Bertz CT molecular complexity index is 2530. The predicted octanol–water partition coefficient (Wildman–Crippen LogP) is 13.6. The molecule has 53 heavy (non-hydrogen) atoms. The zero-order chi connectivity index (χ0) is 36.1. The maximum atomic E-state index is 2.61. The summed E-state index contributed by atoms with van der Waals surface area (Å²) in [5.74, 6) is 0.297. The molecule has 0 fully saturated rings. The Morgan fingerprint density at radius 2 is 1.02 bits per heavy atom. The number of para-hydroxylation sites is 2. The molecule has 2 heteroatoms. The van der Waals surface area contributed by atoms with Crippen LogP contribution in [0.2, 0.25) is 0 Å². The zero-order valence-corrected chi connectivity index (χ0v) is 31.1. The van der Waals surface area contributed by atoms with Gasteiger partial charge >= 0.3 is 0 Å². The van der Waals surface area contributed by atoms with Gasteiger partial charge < -0.3 is 9.80 Å². The van der Waals surface area contributed by atoms with Crippen molar-refractivity contribution >= 4 is 28.4 Å². The van der Waals surface area contributed by atoms with E-state index >= 15 is 0 Å². The van der Waals surface area contributed by atoms with Crippen LogP contribution in [0.3, 0.4) is 0 Å². The van der Waals surface area contributed by atoms with E-state index < -0.39 is 0 Å². The van der Waals surface area contributed by atoms with Crippen molar-refractivity contribution in [1.29, 1.82) is 0 Å². The number of benzene rings is 7. The van der Waals surface area contributed by atoms with Crippen LogP contribution < -0.4 is 9.80 Å². The van der Waals surface area contributed by atoms with Crippen LogP contribution in [0.15, 0.2) is 170 Å². The highest BCUT2D eigenvalue weighted by Gasteiger charge is 2.61. The molecule has 0 spiro atoms. The van der Waals surface area contributed by atoms with E-state index in [4.69, 9.17) is 0 Å². The fourth-order valence-electron chi connectivity index (χ4n) is 10.5. The average molecular weight is 685 g/mol. The summed E-state index contributed by atoms with van der Waals surface area (Å²) >= 11 is 0. The van der Waals surface area contributed by atoms with E-state index in [1.54, 1.807) is 0 Å². The summed E-state index contributed by atoms with van der Waals surface area (Å²) in [5, 5.41) is 0. The van der Waals surface area contributed by atoms with Gasteiger partial charge in [0.25, 0.3) is 0 Å². The quantitative estimate of drug-likeness (QED) is 0.178. The minimum absolute atomic E-state index is 0.0336. The van der Waals surface area contributed by atoms with E-state index in [9.17, 15) is 0 Å². The number of hydrogen-bond donors (Lipinski definition) is 0. The van der Waals surface area contributed by atoms with Crippen LogP contribution in [0.4, 0.5) is 28.4 Å². The second-order valence-corrected chi connectivity index (χ2v) is 16.4. The average Bonchev–Trinajstić information content (AvgIpc) is 3.67. The topological polar surface area (TPSA) is 6.48 Å². The van der Waals surface area contributed by atoms with Gasteiger partial charge in [0.15, 0.2) is 0 Å². The first-order valence-electron chi connectivity index (χ1n) is 19.0. The van der Waals surface area contributed by atoms with Crippen LogP contribution in [0.5, 0.6) is 0 Å². The maximum absolute atomic E-state index is 2.61. The molecule has 0 saturated carbocycles. The number of hydrogen-bond acceptors (Lipinski definition) is 2. The summed E-state index contributed by atoms with van der Waals surface area (Å²) in [6.07, 6.45) is 0. The SMILES string of the molecule is CC1(C)c2ccccc2-c2ccc(N(c3ccccc3)c3ccc(-c4ccc5c(c4)C4C(C)(C)c6ccccc6C4(C)N5c4ccccc4)cc3)cc21. The predicted molar refractivity (Wildman–Crippen MR) is 222 cm³/mol. The van der Waals surface area contributed by atoms with Crippen molar-refractivity contribution in [1.82, 2.24) is 0 Å². The standard InChI is InChI=1S/C51H44N2/c1-49(2)43-21-13-12-20-40(43)41-30-29-39(33-46(41)49)52(36-16-8-6-9-17-36)37-27-24-34(25-28-37)35-26-31-47-42(32-35)48-50(3,4)44-22-14-15-23-45(44)51(48,5)53(47)38-18-10-7-11-19-38/h6-33,48H,1-5H3. The summed E-state index contributed by atoms with van der Waals surface area (Å²) in [6, 6.07) is 63.1. The van der Waals surface area contributed by atoms with Crippen LogP contribution in [-0.4, -0.2) is 0 Å². The Hall–Kier alpha value is -5.86. The molecule has 2 nitrogen and oxygen atoms in total. The zero-order valence-electron chi connectivity index (χ0n) is 31.1. The number of anilines is 5. The largest absolute Gasteiger partial charge is 0.331 e. The van der Waals surface area contributed by atoms with E-state index in [-0.39, 0.29) is 16.4 Å². The van der Waals surface area contributed by atoms with Gasteiger partial charge in [0, 0.05) is 39.8 Å². The molecule has 7 aromatic rings. The Kier molecular flexibility index (Phi) is 6.80. The minimum atomic E-state index is -0.200.